The molecule has 128 valence electrons. The van der Waals surface area contributed by atoms with Gasteiger partial charge in [-0.2, -0.15) is 4.98 Å². The van der Waals surface area contributed by atoms with Crippen LogP contribution in [0.3, 0.4) is 0 Å². The molecule has 0 spiro atoms. The molecule has 0 saturated heterocycles. The maximum Gasteiger partial charge on any atom is 0.225 e. The summed E-state index contributed by atoms with van der Waals surface area (Å²) in [5.74, 6) is 0.467. The number of nitrogens with zero attached hydrogens (tertiary/aromatic N) is 2. The van der Waals surface area contributed by atoms with Crippen molar-refractivity contribution in [2.75, 3.05) is 17.2 Å². The van der Waals surface area contributed by atoms with Crippen molar-refractivity contribution < 1.29 is 9.50 Å². The molecule has 6 heteroatoms. The fourth-order valence-electron chi connectivity index (χ4n) is 2.30. The molecule has 0 aliphatic heterocycles. The van der Waals surface area contributed by atoms with E-state index in [4.69, 9.17) is 0 Å². The lowest BCUT2D eigenvalue weighted by Crippen LogP contribution is -2.21. The molecule has 1 aromatic heterocycles. The van der Waals surface area contributed by atoms with E-state index >= 15 is 0 Å². The van der Waals surface area contributed by atoms with Gasteiger partial charge in [-0.05, 0) is 19.1 Å². The third kappa shape index (κ3) is 4.30. The van der Waals surface area contributed by atoms with E-state index in [0.29, 0.717) is 23.1 Å². The Labute approximate surface area is 145 Å². The second-order valence-electron chi connectivity index (χ2n) is 5.66. The number of aromatic nitrogens is 2. The molecule has 2 aromatic carbocycles. The van der Waals surface area contributed by atoms with Crippen LogP contribution >= 0.6 is 0 Å². The summed E-state index contributed by atoms with van der Waals surface area (Å²) in [6, 6.07) is 17.6. The Morgan fingerprint density at radius 2 is 1.76 bits per heavy atom. The lowest BCUT2D eigenvalue weighted by molar-refractivity contribution is 0.281. The van der Waals surface area contributed by atoms with Crippen molar-refractivity contribution in [2.24, 2.45) is 0 Å². The first-order chi connectivity index (χ1) is 12.2. The third-order valence-electron chi connectivity index (χ3n) is 3.58. The molecule has 5 nitrogen and oxygen atoms in total. The summed E-state index contributed by atoms with van der Waals surface area (Å²) < 4.78 is 13.9. The Morgan fingerprint density at radius 1 is 1.04 bits per heavy atom. The molecule has 0 unspecified atom stereocenters. The van der Waals surface area contributed by atoms with Crippen LogP contribution in [0.1, 0.15) is 6.92 Å². The van der Waals surface area contributed by atoms with Gasteiger partial charge in [0, 0.05) is 17.7 Å². The van der Waals surface area contributed by atoms with E-state index in [1.54, 1.807) is 24.3 Å². The van der Waals surface area contributed by atoms with Gasteiger partial charge < -0.3 is 15.7 Å². The smallest absolute Gasteiger partial charge is 0.225 e. The van der Waals surface area contributed by atoms with Gasteiger partial charge in [-0.25, -0.2) is 9.37 Å². The van der Waals surface area contributed by atoms with Gasteiger partial charge in [-0.3, -0.25) is 0 Å². The summed E-state index contributed by atoms with van der Waals surface area (Å²) in [6.07, 6.45) is 0. The molecule has 0 saturated carbocycles. The average molecular weight is 338 g/mol. The van der Waals surface area contributed by atoms with E-state index < -0.39 is 0 Å². The van der Waals surface area contributed by atoms with E-state index in [-0.39, 0.29) is 18.5 Å². The zero-order chi connectivity index (χ0) is 17.6. The zero-order valence-corrected chi connectivity index (χ0v) is 13.8. The summed E-state index contributed by atoms with van der Waals surface area (Å²) in [4.78, 5) is 8.86. The standard InChI is InChI=1S/C19H19FN4O/c1-13(12-25)21-19-23-17(14-7-3-2-4-8-14)11-18(24-19)22-16-10-6-5-9-15(16)20/h2-11,13,25H,12H2,1H3,(H2,21,22,23,24)/t13-/m0/s1. The molecule has 0 radical (unpaired) electrons. The summed E-state index contributed by atoms with van der Waals surface area (Å²) in [5, 5.41) is 15.3. The van der Waals surface area contributed by atoms with Crippen molar-refractivity contribution in [3.05, 3.63) is 66.5 Å². The number of nitrogens with one attached hydrogen (secondary N) is 2. The Bertz CT molecular complexity index is 842. The Hall–Kier alpha value is -2.99. The van der Waals surface area contributed by atoms with Crippen LogP contribution in [0.15, 0.2) is 60.7 Å². The molecule has 0 fully saturated rings. The van der Waals surface area contributed by atoms with Gasteiger partial charge in [-0.1, -0.05) is 42.5 Å². The third-order valence-corrected chi connectivity index (χ3v) is 3.58. The quantitative estimate of drug-likeness (QED) is 0.637. The highest BCUT2D eigenvalue weighted by atomic mass is 19.1. The van der Waals surface area contributed by atoms with Crippen LogP contribution in [0, 0.1) is 5.82 Å². The molecule has 3 aromatic rings. The monoisotopic (exact) mass is 338 g/mol. The highest BCUT2D eigenvalue weighted by Gasteiger charge is 2.10. The van der Waals surface area contributed by atoms with Crippen LogP contribution in [0.25, 0.3) is 11.3 Å². The van der Waals surface area contributed by atoms with Gasteiger partial charge in [0.2, 0.25) is 5.95 Å². The average Bonchev–Trinajstić information content (AvgIpc) is 2.64. The topological polar surface area (TPSA) is 70.1 Å². The lowest BCUT2D eigenvalue weighted by atomic mass is 10.1. The number of halogens is 1. The SMILES string of the molecule is C[C@@H](CO)Nc1nc(Nc2ccccc2F)cc(-c2ccccc2)n1. The molecular weight excluding hydrogens is 319 g/mol. The molecule has 0 amide bonds. The number of benzene rings is 2. The largest absolute Gasteiger partial charge is 0.394 e. The molecule has 1 heterocycles. The molecule has 1 atom stereocenters. The Balaban J connectivity index is 1.99. The van der Waals surface area contributed by atoms with Crippen molar-refractivity contribution in [3.63, 3.8) is 0 Å². The van der Waals surface area contributed by atoms with Crippen molar-refractivity contribution in [1.29, 1.82) is 0 Å². The second kappa shape index (κ2) is 7.72. The van der Waals surface area contributed by atoms with Crippen molar-refractivity contribution in [3.8, 4) is 11.3 Å². The molecule has 3 rings (SSSR count). The summed E-state index contributed by atoms with van der Waals surface area (Å²) in [7, 11) is 0. The van der Waals surface area contributed by atoms with Crippen molar-refractivity contribution in [2.45, 2.75) is 13.0 Å². The van der Waals surface area contributed by atoms with Gasteiger partial charge in [0.05, 0.1) is 18.0 Å². The van der Waals surface area contributed by atoms with Crippen LogP contribution in [0.5, 0.6) is 0 Å². The predicted octanol–water partition coefficient (Wildman–Crippen LogP) is 3.82. The number of aliphatic hydroxyl groups excluding tert-OH is 1. The normalized spacial score (nSPS) is 11.8. The van der Waals surface area contributed by atoms with Crippen LogP contribution in [-0.2, 0) is 0 Å². The maximum absolute atomic E-state index is 13.9. The minimum atomic E-state index is -0.361. The van der Waals surface area contributed by atoms with E-state index in [9.17, 15) is 9.50 Å². The van der Waals surface area contributed by atoms with E-state index in [1.807, 2.05) is 37.3 Å². The maximum atomic E-state index is 13.9. The Morgan fingerprint density at radius 3 is 2.48 bits per heavy atom. The first kappa shape index (κ1) is 16.9. The van der Waals surface area contributed by atoms with E-state index in [0.717, 1.165) is 5.56 Å². The molecular formula is C19H19FN4O. The van der Waals surface area contributed by atoms with Crippen molar-refractivity contribution >= 4 is 17.5 Å². The fourth-order valence-corrected chi connectivity index (χ4v) is 2.30. The predicted molar refractivity (Wildman–Crippen MR) is 97.3 cm³/mol. The molecule has 25 heavy (non-hydrogen) atoms. The first-order valence-electron chi connectivity index (χ1n) is 7.99. The van der Waals surface area contributed by atoms with E-state index in [2.05, 4.69) is 20.6 Å². The number of hydrogen-bond acceptors (Lipinski definition) is 5. The molecule has 0 aliphatic carbocycles. The Kier molecular flexibility index (Phi) is 5.20. The highest BCUT2D eigenvalue weighted by Crippen LogP contribution is 2.24. The number of rotatable bonds is 6. The number of aliphatic hydroxyl groups is 1. The number of para-hydroxylation sites is 1. The van der Waals surface area contributed by atoms with E-state index in [1.165, 1.54) is 6.07 Å². The summed E-state index contributed by atoms with van der Waals surface area (Å²) in [6.45, 7) is 1.78. The number of hydrogen-bond donors (Lipinski definition) is 3. The minimum absolute atomic E-state index is 0.0466. The first-order valence-corrected chi connectivity index (χ1v) is 7.99. The van der Waals surface area contributed by atoms with Gasteiger partial charge in [0.1, 0.15) is 11.6 Å². The molecule has 3 N–H and O–H groups in total. The van der Waals surface area contributed by atoms with Crippen LogP contribution < -0.4 is 10.6 Å². The van der Waals surface area contributed by atoms with Crippen LogP contribution in [0.4, 0.5) is 21.8 Å². The van der Waals surface area contributed by atoms with Gasteiger partial charge >= 0.3 is 0 Å². The zero-order valence-electron chi connectivity index (χ0n) is 13.8. The fraction of sp³-hybridized carbons (Fsp3) is 0.158. The van der Waals surface area contributed by atoms with Crippen molar-refractivity contribution in [1.82, 2.24) is 9.97 Å². The second-order valence-corrected chi connectivity index (χ2v) is 5.66. The highest BCUT2D eigenvalue weighted by molar-refractivity contribution is 5.67. The summed E-state index contributed by atoms with van der Waals surface area (Å²) >= 11 is 0. The molecule has 0 bridgehead atoms. The van der Waals surface area contributed by atoms with Gasteiger partial charge in [0.25, 0.3) is 0 Å². The van der Waals surface area contributed by atoms with Crippen LogP contribution in [0.2, 0.25) is 0 Å². The van der Waals surface area contributed by atoms with Gasteiger partial charge in [0.15, 0.2) is 0 Å². The number of anilines is 3. The lowest BCUT2D eigenvalue weighted by Gasteiger charge is -2.14. The molecule has 0 aliphatic rings. The minimum Gasteiger partial charge on any atom is -0.394 e. The van der Waals surface area contributed by atoms with Crippen LogP contribution in [-0.4, -0.2) is 27.7 Å². The van der Waals surface area contributed by atoms with Gasteiger partial charge in [-0.15, -0.1) is 0 Å². The summed E-state index contributed by atoms with van der Waals surface area (Å²) in [5.41, 5.74) is 1.95.